The van der Waals surface area contributed by atoms with E-state index >= 15 is 0 Å². The van der Waals surface area contributed by atoms with Gasteiger partial charge in [-0.2, -0.15) is 0 Å². The lowest BCUT2D eigenvalue weighted by molar-refractivity contribution is -0.161. The molecular formula is C76H148O17P2. The average molecular weight is 1400 g/mol. The summed E-state index contributed by atoms with van der Waals surface area (Å²) in [6.45, 7) is 12.0. The van der Waals surface area contributed by atoms with Gasteiger partial charge < -0.3 is 33.8 Å². The summed E-state index contributed by atoms with van der Waals surface area (Å²) in [5.74, 6) is 0.258. The second kappa shape index (κ2) is 66.6. The molecule has 0 fully saturated rings. The molecule has 0 aliphatic heterocycles. The quantitative estimate of drug-likeness (QED) is 0.0222. The van der Waals surface area contributed by atoms with Crippen LogP contribution >= 0.6 is 15.6 Å². The van der Waals surface area contributed by atoms with Gasteiger partial charge in [-0.25, -0.2) is 9.13 Å². The highest BCUT2D eigenvalue weighted by Gasteiger charge is 2.30. The van der Waals surface area contributed by atoms with Crippen molar-refractivity contribution in [2.24, 2.45) is 17.8 Å². The highest BCUT2D eigenvalue weighted by molar-refractivity contribution is 7.47. The van der Waals surface area contributed by atoms with Crippen LogP contribution in [-0.2, 0) is 65.4 Å². The van der Waals surface area contributed by atoms with E-state index in [2.05, 4.69) is 48.5 Å². The lowest BCUT2D eigenvalue weighted by Crippen LogP contribution is -2.30. The molecule has 0 aromatic rings. The number of rotatable bonds is 74. The number of ether oxygens (including phenoxy) is 4. The summed E-state index contributed by atoms with van der Waals surface area (Å²) in [5.41, 5.74) is 0. The number of esters is 4. The first-order chi connectivity index (χ1) is 45.8. The number of carbonyl (C=O) groups excluding carboxylic acids is 4. The van der Waals surface area contributed by atoms with Crippen molar-refractivity contribution in [3.05, 3.63) is 0 Å². The third kappa shape index (κ3) is 67.6. The molecule has 0 heterocycles. The van der Waals surface area contributed by atoms with Crippen LogP contribution in [0.15, 0.2) is 0 Å². The maximum atomic E-state index is 13.1. The number of aliphatic hydroxyl groups excluding tert-OH is 1. The Bertz CT molecular complexity index is 1860. The molecule has 0 rings (SSSR count). The monoisotopic (exact) mass is 1400 g/mol. The number of hydrogen-bond donors (Lipinski definition) is 3. The van der Waals surface area contributed by atoms with Crippen LogP contribution in [0, 0.1) is 17.8 Å². The Labute approximate surface area is 581 Å². The first-order valence-corrected chi connectivity index (χ1v) is 42.4. The molecule has 7 atom stereocenters. The molecule has 0 saturated heterocycles. The van der Waals surface area contributed by atoms with Crippen molar-refractivity contribution in [1.82, 2.24) is 0 Å². The summed E-state index contributed by atoms with van der Waals surface area (Å²) in [4.78, 5) is 72.9. The molecule has 0 aromatic heterocycles. The van der Waals surface area contributed by atoms with Crippen LogP contribution in [0.4, 0.5) is 0 Å². The van der Waals surface area contributed by atoms with Gasteiger partial charge in [0, 0.05) is 25.7 Å². The fraction of sp³-hybridized carbons (Fsp3) is 0.947. The molecule has 564 valence electrons. The van der Waals surface area contributed by atoms with Gasteiger partial charge in [-0.3, -0.25) is 37.3 Å². The SMILES string of the molecule is CCCCCCCCCCCCCCCC(=O)O[C@H](COC(=O)CCCCCCCCCCC(C)CC)COP(=O)(O)OC[C@H](O)COP(=O)(O)OC[C@@H](COC(=O)CCCCCCCCCCCCC(C)CC)OC(=O)CCCCCCCCCCCCCCCC(C)C. The van der Waals surface area contributed by atoms with E-state index in [9.17, 15) is 43.2 Å². The lowest BCUT2D eigenvalue weighted by atomic mass is 9.99. The van der Waals surface area contributed by atoms with Gasteiger partial charge in [0.15, 0.2) is 12.2 Å². The number of aliphatic hydroxyl groups is 1. The average Bonchev–Trinajstić information content (AvgIpc) is 3.76. The summed E-state index contributed by atoms with van der Waals surface area (Å²) >= 11 is 0. The first kappa shape index (κ1) is 93.1. The fourth-order valence-corrected chi connectivity index (χ4v) is 13.1. The van der Waals surface area contributed by atoms with Gasteiger partial charge >= 0.3 is 39.5 Å². The molecule has 0 aromatic carbocycles. The highest BCUT2D eigenvalue weighted by Crippen LogP contribution is 2.45. The molecule has 4 unspecified atom stereocenters. The third-order valence-electron chi connectivity index (χ3n) is 18.4. The maximum absolute atomic E-state index is 13.1. The fourth-order valence-electron chi connectivity index (χ4n) is 11.5. The number of phosphoric acid groups is 2. The molecule has 19 heteroatoms. The molecule has 0 aliphatic carbocycles. The first-order valence-electron chi connectivity index (χ1n) is 39.4. The summed E-state index contributed by atoms with van der Waals surface area (Å²) in [5, 5.41) is 10.6. The van der Waals surface area contributed by atoms with Crippen LogP contribution in [0.25, 0.3) is 0 Å². The maximum Gasteiger partial charge on any atom is 0.472 e. The van der Waals surface area contributed by atoms with Crippen molar-refractivity contribution in [3.63, 3.8) is 0 Å². The minimum absolute atomic E-state index is 0.107. The van der Waals surface area contributed by atoms with Crippen LogP contribution in [0.3, 0.4) is 0 Å². The molecule has 0 radical (unpaired) electrons. The van der Waals surface area contributed by atoms with E-state index in [0.717, 1.165) is 108 Å². The van der Waals surface area contributed by atoms with Crippen molar-refractivity contribution in [2.75, 3.05) is 39.6 Å². The topological polar surface area (TPSA) is 237 Å². The highest BCUT2D eigenvalue weighted by atomic mass is 31.2. The van der Waals surface area contributed by atoms with E-state index in [1.807, 2.05) is 0 Å². The van der Waals surface area contributed by atoms with Gasteiger partial charge in [-0.1, -0.05) is 337 Å². The molecular weight excluding hydrogens is 1250 g/mol. The third-order valence-corrected chi connectivity index (χ3v) is 20.3. The van der Waals surface area contributed by atoms with Gasteiger partial charge in [0.1, 0.15) is 19.3 Å². The zero-order chi connectivity index (χ0) is 70.1. The molecule has 0 spiro atoms. The Hall–Kier alpha value is -1.94. The van der Waals surface area contributed by atoms with E-state index in [0.29, 0.717) is 25.7 Å². The van der Waals surface area contributed by atoms with E-state index in [-0.39, 0.29) is 25.7 Å². The van der Waals surface area contributed by atoms with E-state index in [4.69, 9.17) is 37.0 Å². The van der Waals surface area contributed by atoms with E-state index in [1.54, 1.807) is 0 Å². The zero-order valence-corrected chi connectivity index (χ0v) is 63.9. The predicted octanol–water partition coefficient (Wildman–Crippen LogP) is 22.2. The Morgan fingerprint density at radius 2 is 0.537 bits per heavy atom. The van der Waals surface area contributed by atoms with E-state index < -0.39 is 97.5 Å². The Kier molecular flexibility index (Phi) is 65.2. The largest absolute Gasteiger partial charge is 0.472 e. The number of carbonyl (C=O) groups is 4. The summed E-state index contributed by atoms with van der Waals surface area (Å²) in [6, 6.07) is 0. The van der Waals surface area contributed by atoms with Crippen molar-refractivity contribution in [2.45, 2.75) is 407 Å². The number of hydrogen-bond acceptors (Lipinski definition) is 15. The standard InChI is InChI=1S/C76H148O17P2/c1-8-11-12-13-14-15-16-18-22-29-38-45-52-59-75(80)93-72(64-87-74(79)58-51-44-37-32-31-35-42-49-56-69(7)10-3)66-91-95(84,85)89-62-70(77)61-88-94(82,83)90-65-71(63-86-73(78)57-50-43-36-28-25-24-27-34-41-48-55-68(6)9-2)92-76(81)60-53-46-39-30-23-20-17-19-21-26-33-40-47-54-67(4)5/h67-72,77H,8-66H2,1-7H3,(H,82,83)(H,84,85)/t68?,69?,70-,71-,72-/m1/s1. The van der Waals surface area contributed by atoms with Crippen LogP contribution in [0.5, 0.6) is 0 Å². The van der Waals surface area contributed by atoms with Crippen LogP contribution < -0.4 is 0 Å². The molecule has 0 amide bonds. The second-order valence-electron chi connectivity index (χ2n) is 28.4. The minimum atomic E-state index is -4.96. The van der Waals surface area contributed by atoms with E-state index in [1.165, 1.54) is 199 Å². The van der Waals surface area contributed by atoms with Crippen LogP contribution in [0.1, 0.15) is 389 Å². The van der Waals surface area contributed by atoms with Gasteiger partial charge in [-0.15, -0.1) is 0 Å². The Morgan fingerprint density at radius 3 is 0.800 bits per heavy atom. The van der Waals surface area contributed by atoms with Crippen molar-refractivity contribution >= 4 is 39.5 Å². The predicted molar refractivity (Wildman–Crippen MR) is 386 cm³/mol. The van der Waals surface area contributed by atoms with Crippen molar-refractivity contribution in [3.8, 4) is 0 Å². The van der Waals surface area contributed by atoms with Crippen LogP contribution in [-0.4, -0.2) is 96.7 Å². The van der Waals surface area contributed by atoms with Gasteiger partial charge in [0.25, 0.3) is 0 Å². The minimum Gasteiger partial charge on any atom is -0.462 e. The second-order valence-corrected chi connectivity index (χ2v) is 31.3. The molecule has 3 N–H and O–H groups in total. The smallest absolute Gasteiger partial charge is 0.462 e. The zero-order valence-electron chi connectivity index (χ0n) is 62.1. The Morgan fingerprint density at radius 1 is 0.305 bits per heavy atom. The summed E-state index contributed by atoms with van der Waals surface area (Å²) in [6.07, 6.45) is 52.4. The van der Waals surface area contributed by atoms with Crippen molar-refractivity contribution in [1.29, 1.82) is 0 Å². The van der Waals surface area contributed by atoms with Crippen LogP contribution in [0.2, 0.25) is 0 Å². The van der Waals surface area contributed by atoms with Gasteiger partial charge in [-0.05, 0) is 43.4 Å². The number of unbranched alkanes of at least 4 members (excludes halogenated alkanes) is 40. The summed E-state index contributed by atoms with van der Waals surface area (Å²) in [7, 11) is -9.91. The molecule has 0 bridgehead atoms. The Balaban J connectivity index is 5.28. The number of phosphoric ester groups is 2. The summed E-state index contributed by atoms with van der Waals surface area (Å²) < 4.78 is 68.6. The molecule has 0 aliphatic rings. The van der Waals surface area contributed by atoms with Crippen molar-refractivity contribution < 1.29 is 80.2 Å². The molecule has 0 saturated carbocycles. The molecule has 95 heavy (non-hydrogen) atoms. The lowest BCUT2D eigenvalue weighted by Gasteiger charge is -2.21. The van der Waals surface area contributed by atoms with Gasteiger partial charge in [0.05, 0.1) is 26.4 Å². The normalized spacial score (nSPS) is 14.6. The van der Waals surface area contributed by atoms with Gasteiger partial charge in [0.2, 0.25) is 0 Å². The molecule has 17 nitrogen and oxygen atoms in total.